The maximum Gasteiger partial charge on any atom is 0.238 e. The highest BCUT2D eigenvalue weighted by Gasteiger charge is 2.21. The molecule has 7 nitrogen and oxygen atoms in total. The number of halogens is 1. The average Bonchev–Trinajstić information content (AvgIpc) is 3.28. The van der Waals surface area contributed by atoms with Crippen LogP contribution >= 0.6 is 23.4 Å². The van der Waals surface area contributed by atoms with Crippen LogP contribution in [0.15, 0.2) is 59.0 Å². The second-order valence-electron chi connectivity index (χ2n) is 5.29. The van der Waals surface area contributed by atoms with Crippen LogP contribution in [-0.4, -0.2) is 30.9 Å². The summed E-state index contributed by atoms with van der Waals surface area (Å²) in [5.74, 6) is 1.44. The van der Waals surface area contributed by atoms with Crippen LogP contribution in [0.25, 0.3) is 11.6 Å². The van der Waals surface area contributed by atoms with E-state index in [0.717, 1.165) is 0 Å². The Balaban J connectivity index is 1.74. The molecule has 0 radical (unpaired) electrons. The van der Waals surface area contributed by atoms with Crippen LogP contribution in [0.2, 0.25) is 5.02 Å². The molecule has 0 aliphatic rings. The van der Waals surface area contributed by atoms with Gasteiger partial charge in [-0.2, -0.15) is 0 Å². The number of amides is 1. The molecule has 0 saturated carbocycles. The summed E-state index contributed by atoms with van der Waals surface area (Å²) in [6.07, 6.45) is 4.79. The first-order valence-electron chi connectivity index (χ1n) is 7.75. The zero-order valence-electron chi connectivity index (χ0n) is 13.9. The van der Waals surface area contributed by atoms with Gasteiger partial charge in [0.25, 0.3) is 0 Å². The van der Waals surface area contributed by atoms with Crippen molar-refractivity contribution in [3.05, 3.63) is 54.4 Å². The summed E-state index contributed by atoms with van der Waals surface area (Å²) in [5, 5.41) is 11.8. The Bertz CT molecular complexity index is 893. The zero-order valence-corrected chi connectivity index (χ0v) is 15.5. The summed E-state index contributed by atoms with van der Waals surface area (Å²) in [4.78, 5) is 16.5. The van der Waals surface area contributed by atoms with Gasteiger partial charge < -0.3 is 9.73 Å². The summed E-state index contributed by atoms with van der Waals surface area (Å²) >= 11 is 7.09. The molecule has 0 saturated heterocycles. The lowest BCUT2D eigenvalue weighted by Crippen LogP contribution is -2.23. The average molecular weight is 390 g/mol. The van der Waals surface area contributed by atoms with Gasteiger partial charge in [-0.25, -0.2) is 4.98 Å². The maximum atomic E-state index is 12.4. The number of nitrogens with zero attached hydrogens (tertiary/aromatic N) is 4. The van der Waals surface area contributed by atoms with E-state index in [4.69, 9.17) is 16.0 Å². The lowest BCUT2D eigenvalue weighted by molar-refractivity contribution is -0.115. The second kappa shape index (κ2) is 8.20. The summed E-state index contributed by atoms with van der Waals surface area (Å²) in [6, 6.07) is 6.90. The Morgan fingerprint density at radius 1 is 1.46 bits per heavy atom. The zero-order chi connectivity index (χ0) is 18.5. The van der Waals surface area contributed by atoms with Gasteiger partial charge in [-0.1, -0.05) is 29.4 Å². The van der Waals surface area contributed by atoms with Gasteiger partial charge in [0.1, 0.15) is 5.82 Å². The number of pyridine rings is 1. The fraction of sp³-hybridized carbons (Fsp3) is 0.176. The first kappa shape index (κ1) is 18.2. The molecule has 1 amide bonds. The molecule has 134 valence electrons. The number of rotatable bonds is 7. The largest absolute Gasteiger partial charge is 0.461 e. The van der Waals surface area contributed by atoms with Gasteiger partial charge in [0, 0.05) is 12.7 Å². The second-order valence-corrected chi connectivity index (χ2v) is 7.04. The Morgan fingerprint density at radius 3 is 2.96 bits per heavy atom. The van der Waals surface area contributed by atoms with Crippen molar-refractivity contribution in [2.24, 2.45) is 0 Å². The fourth-order valence-corrected chi connectivity index (χ4v) is 3.12. The van der Waals surface area contributed by atoms with E-state index in [1.54, 1.807) is 43.5 Å². The molecule has 0 aromatic carbocycles. The van der Waals surface area contributed by atoms with E-state index in [2.05, 4.69) is 27.1 Å². The van der Waals surface area contributed by atoms with Crippen molar-refractivity contribution in [2.45, 2.75) is 23.9 Å². The smallest absolute Gasteiger partial charge is 0.238 e. The van der Waals surface area contributed by atoms with Crippen molar-refractivity contribution in [3.8, 4) is 11.6 Å². The number of carbonyl (C=O) groups excluding carboxylic acids is 1. The summed E-state index contributed by atoms with van der Waals surface area (Å²) in [5.41, 5.74) is 0. The summed E-state index contributed by atoms with van der Waals surface area (Å²) in [7, 11) is 0. The van der Waals surface area contributed by atoms with Crippen LogP contribution in [0.3, 0.4) is 0 Å². The van der Waals surface area contributed by atoms with Crippen molar-refractivity contribution in [1.29, 1.82) is 0 Å². The minimum absolute atomic E-state index is 0.197. The van der Waals surface area contributed by atoms with E-state index in [-0.39, 0.29) is 5.91 Å². The van der Waals surface area contributed by atoms with Crippen LogP contribution in [0.5, 0.6) is 0 Å². The van der Waals surface area contributed by atoms with Crippen LogP contribution in [-0.2, 0) is 11.3 Å². The number of anilines is 1. The first-order chi connectivity index (χ1) is 12.6. The van der Waals surface area contributed by atoms with Gasteiger partial charge in [0.05, 0.1) is 16.5 Å². The van der Waals surface area contributed by atoms with E-state index < -0.39 is 5.25 Å². The molecule has 1 unspecified atom stereocenters. The van der Waals surface area contributed by atoms with Crippen molar-refractivity contribution in [2.75, 3.05) is 5.32 Å². The van der Waals surface area contributed by atoms with E-state index in [9.17, 15) is 4.79 Å². The van der Waals surface area contributed by atoms with Crippen molar-refractivity contribution < 1.29 is 9.21 Å². The van der Waals surface area contributed by atoms with Crippen molar-refractivity contribution in [3.63, 3.8) is 0 Å². The van der Waals surface area contributed by atoms with E-state index >= 15 is 0 Å². The Morgan fingerprint density at radius 2 is 2.31 bits per heavy atom. The molecule has 3 heterocycles. The molecular formula is C17H16ClN5O2S. The quantitative estimate of drug-likeness (QED) is 0.487. The molecule has 0 spiro atoms. The van der Waals surface area contributed by atoms with Crippen LogP contribution in [0, 0.1) is 0 Å². The number of furan rings is 1. The maximum absolute atomic E-state index is 12.4. The first-order valence-corrected chi connectivity index (χ1v) is 9.01. The van der Waals surface area contributed by atoms with E-state index in [1.165, 1.54) is 18.0 Å². The highest BCUT2D eigenvalue weighted by molar-refractivity contribution is 8.00. The highest BCUT2D eigenvalue weighted by Crippen LogP contribution is 2.27. The Labute approximate surface area is 159 Å². The number of thioether (sulfide) groups is 1. The summed E-state index contributed by atoms with van der Waals surface area (Å²) in [6.45, 7) is 6.05. The Hall–Kier alpha value is -2.58. The van der Waals surface area contributed by atoms with Gasteiger partial charge in [-0.15, -0.1) is 16.8 Å². The number of allylic oxidation sites excluding steroid dienone is 1. The van der Waals surface area contributed by atoms with Gasteiger partial charge in [0.15, 0.2) is 10.9 Å². The topological polar surface area (TPSA) is 85.8 Å². The SMILES string of the molecule is C=CCn1c(SC(C)C(=O)Nc2ccc(Cl)cn2)nnc1-c1ccco1. The molecule has 0 aliphatic carbocycles. The molecule has 26 heavy (non-hydrogen) atoms. The molecule has 0 aliphatic heterocycles. The predicted molar refractivity (Wildman–Crippen MR) is 101 cm³/mol. The third-order valence-corrected chi connectivity index (χ3v) is 4.70. The monoisotopic (exact) mass is 389 g/mol. The van der Waals surface area contributed by atoms with Gasteiger partial charge in [-0.05, 0) is 31.2 Å². The number of hydrogen-bond donors (Lipinski definition) is 1. The molecule has 3 rings (SSSR count). The standard InChI is InChI=1S/C17H16ClN5O2S/c1-3-8-23-15(13-5-4-9-25-13)21-22-17(23)26-11(2)16(24)20-14-7-6-12(18)10-19-14/h3-7,9-11H,1,8H2,2H3,(H,19,20,24). The van der Waals surface area contributed by atoms with Gasteiger partial charge in [0.2, 0.25) is 11.7 Å². The van der Waals surface area contributed by atoms with Crippen LogP contribution < -0.4 is 5.32 Å². The molecule has 0 bridgehead atoms. The molecule has 9 heteroatoms. The van der Waals surface area contributed by atoms with Crippen molar-refractivity contribution in [1.82, 2.24) is 19.7 Å². The molecular weight excluding hydrogens is 374 g/mol. The molecule has 1 atom stereocenters. The number of aromatic nitrogens is 4. The third-order valence-electron chi connectivity index (χ3n) is 3.40. The molecule has 3 aromatic heterocycles. The Kier molecular flexibility index (Phi) is 5.75. The number of carbonyl (C=O) groups is 1. The molecule has 1 N–H and O–H groups in total. The van der Waals surface area contributed by atoms with Crippen LogP contribution in [0.4, 0.5) is 5.82 Å². The highest BCUT2D eigenvalue weighted by atomic mass is 35.5. The van der Waals surface area contributed by atoms with Crippen LogP contribution in [0.1, 0.15) is 6.92 Å². The van der Waals surface area contributed by atoms with Crippen molar-refractivity contribution >= 4 is 35.1 Å². The minimum Gasteiger partial charge on any atom is -0.461 e. The molecule has 3 aromatic rings. The van der Waals surface area contributed by atoms with E-state index in [0.29, 0.717) is 34.1 Å². The number of hydrogen-bond acceptors (Lipinski definition) is 6. The lowest BCUT2D eigenvalue weighted by atomic mass is 10.4. The minimum atomic E-state index is -0.412. The summed E-state index contributed by atoms with van der Waals surface area (Å²) < 4.78 is 7.24. The fourth-order valence-electron chi connectivity index (χ4n) is 2.15. The predicted octanol–water partition coefficient (Wildman–Crippen LogP) is 3.89. The number of nitrogens with one attached hydrogen (secondary N) is 1. The van der Waals surface area contributed by atoms with Gasteiger partial charge >= 0.3 is 0 Å². The van der Waals surface area contributed by atoms with Gasteiger partial charge in [-0.3, -0.25) is 9.36 Å². The normalized spacial score (nSPS) is 11.9. The molecule has 0 fully saturated rings. The third kappa shape index (κ3) is 4.14. The van der Waals surface area contributed by atoms with E-state index in [1.807, 2.05) is 4.57 Å². The lowest BCUT2D eigenvalue weighted by Gasteiger charge is -2.12.